The number of nitrogens with two attached hydrogens (primary N) is 1. The van der Waals surface area contributed by atoms with E-state index in [1.165, 1.54) is 28.4 Å². The van der Waals surface area contributed by atoms with Crippen LogP contribution in [0.25, 0.3) is 0 Å². The summed E-state index contributed by atoms with van der Waals surface area (Å²) in [7, 11) is 0. The van der Waals surface area contributed by atoms with Crippen LogP contribution in [-0.2, 0) is 19.1 Å². The number of carbonyl (C=O) groups excluding carboxylic acids is 2. The van der Waals surface area contributed by atoms with E-state index in [2.05, 4.69) is 0 Å². The minimum absolute atomic E-state index is 0.0369. The highest BCUT2D eigenvalue weighted by molar-refractivity contribution is 8.07. The van der Waals surface area contributed by atoms with Crippen molar-refractivity contribution in [2.45, 2.75) is 23.1 Å². The van der Waals surface area contributed by atoms with Crippen LogP contribution in [0.3, 0.4) is 0 Å². The van der Waals surface area contributed by atoms with Gasteiger partial charge in [-0.25, -0.2) is 4.79 Å². The molecule has 0 aromatic rings. The van der Waals surface area contributed by atoms with Crippen molar-refractivity contribution in [1.29, 1.82) is 0 Å². The average Bonchev–Trinajstić information content (AvgIpc) is 2.82. The average molecular weight is 316 g/mol. The Bertz CT molecular complexity index is 535. The lowest BCUT2D eigenvalue weighted by molar-refractivity contribution is -0.147. The molecule has 9 heteroatoms. The number of carboxylic acid groups (broad SMARTS) is 1. The van der Waals surface area contributed by atoms with Crippen molar-refractivity contribution in [3.63, 3.8) is 0 Å². The van der Waals surface area contributed by atoms with Gasteiger partial charge in [-0.05, 0) is 0 Å². The van der Waals surface area contributed by atoms with Crippen LogP contribution < -0.4 is 5.73 Å². The summed E-state index contributed by atoms with van der Waals surface area (Å²) in [6, 6.07) is -0.641. The Morgan fingerprint density at radius 3 is 2.85 bits per heavy atom. The van der Waals surface area contributed by atoms with E-state index in [-0.39, 0.29) is 28.2 Å². The summed E-state index contributed by atoms with van der Waals surface area (Å²) in [5, 5.41) is 8.64. The Morgan fingerprint density at radius 1 is 1.50 bits per heavy atom. The van der Waals surface area contributed by atoms with Crippen molar-refractivity contribution in [3.8, 4) is 0 Å². The Morgan fingerprint density at radius 2 is 2.25 bits per heavy atom. The third kappa shape index (κ3) is 2.00. The van der Waals surface area contributed by atoms with Crippen LogP contribution >= 0.6 is 23.5 Å². The van der Waals surface area contributed by atoms with E-state index in [0.717, 1.165) is 0 Å². The summed E-state index contributed by atoms with van der Waals surface area (Å²) >= 11 is 2.61. The molecule has 3 N–H and O–H groups in total. The zero-order valence-electron chi connectivity index (χ0n) is 10.3. The van der Waals surface area contributed by atoms with Crippen molar-refractivity contribution in [2.24, 2.45) is 5.73 Å². The summed E-state index contributed by atoms with van der Waals surface area (Å²) in [4.78, 5) is 36.4. The molecule has 1 unspecified atom stereocenters. The third-order valence-corrected chi connectivity index (χ3v) is 6.17. The first-order valence-electron chi connectivity index (χ1n) is 6.00. The number of aliphatic carboxylic acids is 1. The monoisotopic (exact) mass is 316 g/mol. The normalized spacial score (nSPS) is 32.9. The SMILES string of the molecule is N[C@@H]1C(=O)N2C(C(=O)O)=C(SC3CCOC3=O)CS[C@@H]12. The maximum absolute atomic E-state index is 11.7. The van der Waals surface area contributed by atoms with Gasteiger partial charge in [-0.3, -0.25) is 14.5 Å². The fourth-order valence-electron chi connectivity index (χ4n) is 2.33. The topological polar surface area (TPSA) is 110 Å². The number of thioether (sulfide) groups is 2. The lowest BCUT2D eigenvalue weighted by Crippen LogP contribution is -2.68. The number of carboxylic acids is 1. The minimum Gasteiger partial charge on any atom is -0.477 e. The Labute approximate surface area is 122 Å². The zero-order chi connectivity index (χ0) is 14.4. The predicted octanol–water partition coefficient (Wildman–Crippen LogP) is -0.426. The summed E-state index contributed by atoms with van der Waals surface area (Å²) in [5.41, 5.74) is 5.62. The molecular formula is C11H12N2O5S2. The molecule has 0 bridgehead atoms. The molecule has 0 aromatic carbocycles. The lowest BCUT2D eigenvalue weighted by atomic mass is 10.1. The van der Waals surface area contributed by atoms with E-state index in [1.807, 2.05) is 0 Å². The molecule has 3 heterocycles. The zero-order valence-corrected chi connectivity index (χ0v) is 11.9. The predicted molar refractivity (Wildman–Crippen MR) is 72.7 cm³/mol. The second-order valence-electron chi connectivity index (χ2n) is 4.58. The van der Waals surface area contributed by atoms with Crippen LogP contribution in [0.15, 0.2) is 10.6 Å². The maximum Gasteiger partial charge on any atom is 0.353 e. The largest absolute Gasteiger partial charge is 0.477 e. The Kier molecular flexibility index (Phi) is 3.43. The molecule has 0 aromatic heterocycles. The molecule has 3 aliphatic rings. The first-order chi connectivity index (χ1) is 9.50. The second-order valence-corrected chi connectivity index (χ2v) is 6.98. The Balaban J connectivity index is 1.88. The highest BCUT2D eigenvalue weighted by atomic mass is 32.2. The van der Waals surface area contributed by atoms with Gasteiger partial charge in [-0.15, -0.1) is 23.5 Å². The van der Waals surface area contributed by atoms with Gasteiger partial charge in [-0.1, -0.05) is 0 Å². The number of nitrogens with zero attached hydrogens (tertiary/aromatic N) is 1. The van der Waals surface area contributed by atoms with Crippen LogP contribution in [-0.4, -0.2) is 56.9 Å². The van der Waals surface area contributed by atoms with E-state index in [0.29, 0.717) is 23.7 Å². The lowest BCUT2D eigenvalue weighted by Gasteiger charge is -2.47. The number of rotatable bonds is 3. The highest BCUT2D eigenvalue weighted by Gasteiger charge is 2.52. The van der Waals surface area contributed by atoms with Gasteiger partial charge >= 0.3 is 11.9 Å². The molecule has 20 heavy (non-hydrogen) atoms. The number of hydrogen-bond acceptors (Lipinski definition) is 7. The van der Waals surface area contributed by atoms with E-state index in [1.54, 1.807) is 0 Å². The van der Waals surface area contributed by atoms with E-state index < -0.39 is 12.0 Å². The van der Waals surface area contributed by atoms with Gasteiger partial charge < -0.3 is 15.6 Å². The molecule has 2 fully saturated rings. The first kappa shape index (κ1) is 13.8. The summed E-state index contributed by atoms with van der Waals surface area (Å²) in [6.07, 6.45) is 0.557. The smallest absolute Gasteiger partial charge is 0.353 e. The van der Waals surface area contributed by atoms with E-state index >= 15 is 0 Å². The standard InChI is InChI=1S/C11H12N2O5S2/c12-6-8(14)13-7(10(15)16)5(3-19-9(6)13)20-4-1-2-18-11(4)17/h4,6,9H,1-3,12H2,(H,15,16)/t4?,6-,9+/m1/s1. The molecule has 7 nitrogen and oxygen atoms in total. The number of hydrogen-bond donors (Lipinski definition) is 2. The van der Waals surface area contributed by atoms with Crippen LogP contribution in [0.4, 0.5) is 0 Å². The van der Waals surface area contributed by atoms with Gasteiger partial charge in [0.05, 0.1) is 6.61 Å². The molecule has 0 radical (unpaired) electrons. The third-order valence-electron chi connectivity index (χ3n) is 3.35. The van der Waals surface area contributed by atoms with Gasteiger partial charge in [0.2, 0.25) is 5.91 Å². The number of ether oxygens (including phenoxy) is 1. The minimum atomic E-state index is -1.16. The molecule has 2 saturated heterocycles. The van der Waals surface area contributed by atoms with Crippen molar-refractivity contribution < 1.29 is 24.2 Å². The van der Waals surface area contributed by atoms with E-state index in [9.17, 15) is 19.5 Å². The molecule has 3 aliphatic heterocycles. The van der Waals surface area contributed by atoms with Crippen molar-refractivity contribution in [3.05, 3.63) is 10.6 Å². The molecule has 3 atom stereocenters. The maximum atomic E-state index is 11.7. The molecule has 1 amide bonds. The van der Waals surface area contributed by atoms with Crippen LogP contribution in [0.2, 0.25) is 0 Å². The molecular weight excluding hydrogens is 304 g/mol. The van der Waals surface area contributed by atoms with Crippen LogP contribution in [0.5, 0.6) is 0 Å². The number of fused-ring (bicyclic) bond motifs is 1. The molecule has 108 valence electrons. The van der Waals surface area contributed by atoms with Crippen LogP contribution in [0, 0.1) is 0 Å². The van der Waals surface area contributed by atoms with E-state index in [4.69, 9.17) is 10.5 Å². The second kappa shape index (κ2) is 4.97. The van der Waals surface area contributed by atoms with Crippen molar-refractivity contribution >= 4 is 41.4 Å². The number of amides is 1. The van der Waals surface area contributed by atoms with Gasteiger partial charge in [0.1, 0.15) is 22.4 Å². The highest BCUT2D eigenvalue weighted by Crippen LogP contribution is 2.44. The summed E-state index contributed by atoms with van der Waals surface area (Å²) in [6.45, 7) is 0.357. The molecule has 0 spiro atoms. The van der Waals surface area contributed by atoms with Gasteiger partial charge in [0.15, 0.2) is 0 Å². The van der Waals surface area contributed by atoms with Crippen molar-refractivity contribution in [1.82, 2.24) is 4.90 Å². The molecule has 0 saturated carbocycles. The number of cyclic esters (lactones) is 1. The summed E-state index contributed by atoms with van der Waals surface area (Å²) < 4.78 is 4.87. The fraction of sp³-hybridized carbons (Fsp3) is 0.545. The number of esters is 1. The summed E-state index contributed by atoms with van der Waals surface area (Å²) in [5.74, 6) is -1.43. The number of β-lactam (4-membered cyclic amide) rings is 1. The first-order valence-corrected chi connectivity index (χ1v) is 7.93. The fourth-order valence-corrected chi connectivity index (χ4v) is 4.97. The molecule has 0 aliphatic carbocycles. The van der Waals surface area contributed by atoms with Crippen molar-refractivity contribution in [2.75, 3.05) is 12.4 Å². The molecule has 3 rings (SSSR count). The van der Waals surface area contributed by atoms with Gasteiger partial charge in [-0.2, -0.15) is 0 Å². The van der Waals surface area contributed by atoms with Crippen LogP contribution in [0.1, 0.15) is 6.42 Å². The van der Waals surface area contributed by atoms with Gasteiger partial charge in [0, 0.05) is 17.1 Å². The number of carbonyl (C=O) groups is 3. The quantitative estimate of drug-likeness (QED) is 0.533. The van der Waals surface area contributed by atoms with Gasteiger partial charge in [0.25, 0.3) is 0 Å². The Hall–Kier alpha value is -1.19.